The number of allylic oxidation sites excluding steroid dienone is 1. The summed E-state index contributed by atoms with van der Waals surface area (Å²) in [6.45, 7) is 7.67. The summed E-state index contributed by atoms with van der Waals surface area (Å²) >= 11 is 0. The molecular weight excluding hydrogens is 368 g/mol. The number of aromatic nitrogens is 2. The van der Waals surface area contributed by atoms with Crippen LogP contribution in [0.2, 0.25) is 0 Å². The minimum atomic E-state index is 0.457. The highest BCUT2D eigenvalue weighted by molar-refractivity contribution is 6.08. The summed E-state index contributed by atoms with van der Waals surface area (Å²) in [5.41, 5.74) is 13.6. The van der Waals surface area contributed by atoms with E-state index >= 15 is 0 Å². The average Bonchev–Trinajstić information content (AvgIpc) is 2.70. The third-order valence-corrected chi connectivity index (χ3v) is 4.16. The molecule has 0 unspecified atom stereocenters. The fraction of sp³-hybridized carbons (Fsp3) is 0.381. The van der Waals surface area contributed by atoms with Crippen molar-refractivity contribution in [3.63, 3.8) is 0 Å². The fourth-order valence-corrected chi connectivity index (χ4v) is 2.50. The van der Waals surface area contributed by atoms with E-state index < -0.39 is 0 Å². The lowest BCUT2D eigenvalue weighted by Gasteiger charge is -2.14. The summed E-state index contributed by atoms with van der Waals surface area (Å²) < 4.78 is 11.3. The fourth-order valence-electron chi connectivity index (χ4n) is 2.50. The lowest BCUT2D eigenvalue weighted by molar-refractivity contribution is 0.123. The molecule has 0 radical (unpaired) electrons. The van der Waals surface area contributed by atoms with Gasteiger partial charge in [-0.3, -0.25) is 9.98 Å². The van der Waals surface area contributed by atoms with E-state index in [4.69, 9.17) is 20.9 Å². The van der Waals surface area contributed by atoms with Crippen molar-refractivity contribution in [1.29, 1.82) is 0 Å². The minimum absolute atomic E-state index is 0.457. The molecule has 156 valence electrons. The molecule has 2 rings (SSSR count). The predicted octanol–water partition coefficient (Wildman–Crippen LogP) is 2.50. The first-order chi connectivity index (χ1) is 14.0. The first kappa shape index (κ1) is 22.3. The summed E-state index contributed by atoms with van der Waals surface area (Å²) in [7, 11) is 2.05. The molecule has 29 heavy (non-hydrogen) atoms. The molecule has 4 N–H and O–H groups in total. The van der Waals surface area contributed by atoms with E-state index in [0.717, 1.165) is 31.9 Å². The molecule has 0 saturated carbocycles. The van der Waals surface area contributed by atoms with Crippen molar-refractivity contribution in [2.75, 3.05) is 45.6 Å². The zero-order valence-electron chi connectivity index (χ0n) is 17.3. The summed E-state index contributed by atoms with van der Waals surface area (Å²) in [6.07, 6.45) is 4.90. The highest BCUT2D eigenvalue weighted by Gasteiger charge is 2.07. The molecule has 8 nitrogen and oxygen atoms in total. The second kappa shape index (κ2) is 11.8. The Balaban J connectivity index is 1.96. The van der Waals surface area contributed by atoms with Crippen molar-refractivity contribution in [3.05, 3.63) is 48.1 Å². The lowest BCUT2D eigenvalue weighted by Crippen LogP contribution is -2.25. The molecule has 8 heteroatoms. The van der Waals surface area contributed by atoms with Crippen LogP contribution in [-0.4, -0.2) is 61.0 Å². The van der Waals surface area contributed by atoms with Gasteiger partial charge < -0.3 is 25.8 Å². The molecule has 0 bridgehead atoms. The van der Waals surface area contributed by atoms with Crippen molar-refractivity contribution < 1.29 is 9.47 Å². The van der Waals surface area contributed by atoms with Crippen LogP contribution in [0, 0.1) is 6.92 Å². The molecule has 0 saturated heterocycles. The number of ether oxygens (including phenoxy) is 2. The molecule has 0 atom stereocenters. The Morgan fingerprint density at radius 3 is 2.83 bits per heavy atom. The molecule has 2 aromatic rings. The number of likely N-dealkylation sites (N-methyl/N-ethyl adjacent to an activating group) is 1. The molecule has 0 spiro atoms. The van der Waals surface area contributed by atoms with E-state index in [0.29, 0.717) is 35.2 Å². The van der Waals surface area contributed by atoms with Crippen LogP contribution < -0.4 is 16.2 Å². The van der Waals surface area contributed by atoms with E-state index in [1.54, 1.807) is 30.6 Å². The number of hydrogen-bond acceptors (Lipinski definition) is 8. The smallest absolute Gasteiger partial charge is 0.148 e. The third kappa shape index (κ3) is 7.52. The third-order valence-electron chi connectivity index (χ3n) is 4.16. The van der Waals surface area contributed by atoms with E-state index in [1.807, 2.05) is 27.0 Å². The Morgan fingerprint density at radius 2 is 2.10 bits per heavy atom. The van der Waals surface area contributed by atoms with Gasteiger partial charge in [-0.25, -0.2) is 4.98 Å². The largest absolute Gasteiger partial charge is 0.455 e. The van der Waals surface area contributed by atoms with Crippen LogP contribution in [0.3, 0.4) is 0 Å². The second-order valence-corrected chi connectivity index (χ2v) is 6.46. The van der Waals surface area contributed by atoms with Crippen molar-refractivity contribution in [3.8, 4) is 11.5 Å². The van der Waals surface area contributed by atoms with Crippen LogP contribution in [0.15, 0.2) is 41.7 Å². The quantitative estimate of drug-likeness (QED) is 0.442. The topological polar surface area (TPSA) is 112 Å². The van der Waals surface area contributed by atoms with Crippen LogP contribution in [0.25, 0.3) is 5.57 Å². The predicted molar refractivity (Wildman–Crippen MR) is 117 cm³/mol. The van der Waals surface area contributed by atoms with Gasteiger partial charge in [0.15, 0.2) is 0 Å². The van der Waals surface area contributed by atoms with Crippen molar-refractivity contribution in [2.45, 2.75) is 13.8 Å². The number of hydrogen-bond donors (Lipinski definition) is 2. The van der Waals surface area contributed by atoms with E-state index in [9.17, 15) is 0 Å². The van der Waals surface area contributed by atoms with Gasteiger partial charge in [-0.15, -0.1) is 0 Å². The number of aliphatic imine (C=N–C) groups is 1. The maximum absolute atomic E-state index is 5.91. The van der Waals surface area contributed by atoms with Crippen LogP contribution in [-0.2, 0) is 4.74 Å². The summed E-state index contributed by atoms with van der Waals surface area (Å²) in [5.74, 6) is 1.73. The Kier molecular flexibility index (Phi) is 9.07. The number of nitrogens with zero attached hydrogens (tertiary/aromatic N) is 4. The Hall–Kier alpha value is -2.97. The number of anilines is 1. The molecule has 2 aromatic heterocycles. The highest BCUT2D eigenvalue weighted by Crippen LogP contribution is 2.25. The van der Waals surface area contributed by atoms with Gasteiger partial charge in [0.2, 0.25) is 0 Å². The normalized spacial score (nSPS) is 12.1. The summed E-state index contributed by atoms with van der Waals surface area (Å²) in [6, 6.07) is 7.08. The number of rotatable bonds is 11. The van der Waals surface area contributed by atoms with Gasteiger partial charge in [-0.05, 0) is 39.1 Å². The van der Waals surface area contributed by atoms with Crippen LogP contribution in [0.1, 0.15) is 18.3 Å². The van der Waals surface area contributed by atoms with Crippen LogP contribution >= 0.6 is 0 Å². The zero-order valence-corrected chi connectivity index (χ0v) is 17.3. The summed E-state index contributed by atoms with van der Waals surface area (Å²) in [5, 5.41) is 0. The van der Waals surface area contributed by atoms with Gasteiger partial charge in [0, 0.05) is 49.9 Å². The number of nitrogens with two attached hydrogens (primary N) is 2. The van der Waals surface area contributed by atoms with Crippen molar-refractivity contribution >= 4 is 17.6 Å². The standard InChI is InChI=1S/C21H30N6O2/c1-4-28-12-11-27(3)10-9-24-15-17(14-22)19-13-18(7-8-25-19)29-20-5-6-21(23)26-16(20)2/h5-8,13-15H,4,9-12,22H2,1-3H3,(H2,23,26). The highest BCUT2D eigenvalue weighted by atomic mass is 16.5. The second-order valence-electron chi connectivity index (χ2n) is 6.46. The number of pyridine rings is 2. The van der Waals surface area contributed by atoms with Gasteiger partial charge in [0.1, 0.15) is 17.3 Å². The number of aryl methyl sites for hydroxylation is 1. The lowest BCUT2D eigenvalue weighted by atomic mass is 10.2. The van der Waals surface area contributed by atoms with Gasteiger partial charge in [-0.2, -0.15) is 0 Å². The minimum Gasteiger partial charge on any atom is -0.455 e. The molecule has 0 aliphatic rings. The molecule has 2 heterocycles. The molecular formula is C21H30N6O2. The van der Waals surface area contributed by atoms with Crippen LogP contribution in [0.5, 0.6) is 11.5 Å². The maximum Gasteiger partial charge on any atom is 0.148 e. The Bertz CT molecular complexity index is 838. The first-order valence-corrected chi connectivity index (χ1v) is 9.59. The van der Waals surface area contributed by atoms with E-state index in [1.165, 1.54) is 6.20 Å². The maximum atomic E-state index is 5.91. The molecule has 0 aliphatic carbocycles. The van der Waals surface area contributed by atoms with Crippen molar-refractivity contribution in [1.82, 2.24) is 14.9 Å². The van der Waals surface area contributed by atoms with E-state index in [-0.39, 0.29) is 0 Å². The van der Waals surface area contributed by atoms with Gasteiger partial charge in [0.25, 0.3) is 0 Å². The van der Waals surface area contributed by atoms with Gasteiger partial charge in [0.05, 0.1) is 24.5 Å². The Labute approximate surface area is 172 Å². The molecule has 0 aliphatic heterocycles. The Morgan fingerprint density at radius 1 is 1.28 bits per heavy atom. The first-order valence-electron chi connectivity index (χ1n) is 9.59. The van der Waals surface area contributed by atoms with Gasteiger partial charge >= 0.3 is 0 Å². The summed E-state index contributed by atoms with van der Waals surface area (Å²) in [4.78, 5) is 15.2. The average molecular weight is 399 g/mol. The monoisotopic (exact) mass is 398 g/mol. The molecule has 0 amide bonds. The van der Waals surface area contributed by atoms with E-state index in [2.05, 4.69) is 19.9 Å². The van der Waals surface area contributed by atoms with Gasteiger partial charge in [-0.1, -0.05) is 0 Å². The molecule has 0 aromatic carbocycles. The molecule has 0 fully saturated rings. The zero-order chi connectivity index (χ0) is 21.1. The van der Waals surface area contributed by atoms with Crippen molar-refractivity contribution in [2.24, 2.45) is 10.7 Å². The SMILES string of the molecule is CCOCCN(C)CCN=CC(=CN)c1cc(Oc2ccc(N)nc2C)ccn1. The number of nitrogen functional groups attached to an aromatic ring is 1. The van der Waals surface area contributed by atoms with Crippen LogP contribution in [0.4, 0.5) is 5.82 Å².